The first kappa shape index (κ1) is 21.9. The van der Waals surface area contributed by atoms with Crippen molar-refractivity contribution in [2.45, 2.75) is 25.9 Å². The molecule has 4 N–H and O–H groups in total. The maximum Gasteiger partial charge on any atom is 0.333 e. The fourth-order valence-corrected chi connectivity index (χ4v) is 4.22. The van der Waals surface area contributed by atoms with Crippen LogP contribution in [0.1, 0.15) is 29.7 Å². The number of anilines is 2. The fraction of sp³-hybridized carbons (Fsp3) is 0.160. The first-order chi connectivity index (χ1) is 16.5. The number of hydrazine groups is 1. The van der Waals surface area contributed by atoms with Crippen LogP contribution in [0.25, 0.3) is 10.8 Å². The second kappa shape index (κ2) is 9.17. The Balaban J connectivity index is 1.22. The van der Waals surface area contributed by atoms with E-state index in [-0.39, 0.29) is 11.8 Å². The number of aromatic amines is 1. The number of carbonyl (C=O) groups is 2. The van der Waals surface area contributed by atoms with E-state index in [0.717, 1.165) is 27.6 Å². The van der Waals surface area contributed by atoms with Crippen LogP contribution >= 0.6 is 11.6 Å². The van der Waals surface area contributed by atoms with Crippen molar-refractivity contribution in [3.05, 3.63) is 88.6 Å². The zero-order valence-electron chi connectivity index (χ0n) is 18.4. The average molecular weight is 475 g/mol. The van der Waals surface area contributed by atoms with Gasteiger partial charge in [-0.1, -0.05) is 66.2 Å². The van der Waals surface area contributed by atoms with Crippen molar-refractivity contribution in [2.24, 2.45) is 0 Å². The van der Waals surface area contributed by atoms with Gasteiger partial charge >= 0.3 is 6.03 Å². The van der Waals surface area contributed by atoms with Gasteiger partial charge in [0.2, 0.25) is 5.91 Å². The van der Waals surface area contributed by atoms with Crippen LogP contribution < -0.4 is 16.1 Å². The molecule has 4 aromatic rings. The van der Waals surface area contributed by atoms with Gasteiger partial charge in [0.05, 0.1) is 28.9 Å². The third-order valence-electron chi connectivity index (χ3n) is 5.94. The molecule has 5 rings (SSSR count). The van der Waals surface area contributed by atoms with Crippen LogP contribution in [0.5, 0.6) is 0 Å². The molecule has 2 heterocycles. The van der Waals surface area contributed by atoms with Gasteiger partial charge < -0.3 is 10.6 Å². The normalized spacial score (nSPS) is 13.9. The van der Waals surface area contributed by atoms with Crippen LogP contribution in [0.4, 0.5) is 16.3 Å². The van der Waals surface area contributed by atoms with Crippen LogP contribution in [-0.2, 0) is 17.9 Å². The van der Waals surface area contributed by atoms with Gasteiger partial charge in [-0.15, -0.1) is 0 Å². The van der Waals surface area contributed by atoms with Crippen LogP contribution in [0, 0.1) is 0 Å². The number of fused-ring (bicyclic) bond motifs is 2. The van der Waals surface area contributed by atoms with Crippen molar-refractivity contribution in [1.82, 2.24) is 20.6 Å². The van der Waals surface area contributed by atoms with Gasteiger partial charge in [0.15, 0.2) is 5.82 Å². The van der Waals surface area contributed by atoms with Crippen LogP contribution in [-0.4, -0.2) is 27.1 Å². The summed E-state index contributed by atoms with van der Waals surface area (Å²) in [4.78, 5) is 25.3. The second-order valence-corrected chi connectivity index (χ2v) is 8.66. The number of hydrogen-bond acceptors (Lipinski definition) is 4. The Bertz CT molecular complexity index is 1380. The number of amides is 3. The quantitative estimate of drug-likeness (QED) is 0.326. The number of para-hydroxylation sites is 1. The van der Waals surface area contributed by atoms with Crippen molar-refractivity contribution >= 4 is 45.8 Å². The highest BCUT2D eigenvalue weighted by molar-refractivity contribution is 6.33. The number of urea groups is 1. The highest BCUT2D eigenvalue weighted by Crippen LogP contribution is 2.28. The van der Waals surface area contributed by atoms with Crippen molar-refractivity contribution in [3.63, 3.8) is 0 Å². The smallest absolute Gasteiger partial charge is 0.308 e. The number of nitrogens with one attached hydrogen (secondary N) is 4. The summed E-state index contributed by atoms with van der Waals surface area (Å²) in [5.74, 6) is -0.0233. The number of hydrogen-bond donors (Lipinski definition) is 4. The van der Waals surface area contributed by atoms with Crippen molar-refractivity contribution in [2.75, 3.05) is 10.6 Å². The van der Waals surface area contributed by atoms with E-state index in [4.69, 9.17) is 11.6 Å². The van der Waals surface area contributed by atoms with E-state index < -0.39 is 6.03 Å². The average Bonchev–Trinajstić information content (AvgIpc) is 3.40. The Hall–Kier alpha value is -3.88. The van der Waals surface area contributed by atoms with Gasteiger partial charge in [-0.3, -0.25) is 15.3 Å². The molecule has 34 heavy (non-hydrogen) atoms. The largest absolute Gasteiger partial charge is 0.333 e. The molecule has 0 radical (unpaired) electrons. The number of carbonyl (C=O) groups excluding carboxylic acids is 2. The van der Waals surface area contributed by atoms with E-state index in [2.05, 4.69) is 26.3 Å². The minimum absolute atomic E-state index is 0.146. The lowest BCUT2D eigenvalue weighted by molar-refractivity contribution is -0.117. The minimum Gasteiger partial charge on any atom is -0.308 e. The van der Waals surface area contributed by atoms with E-state index in [0.29, 0.717) is 29.6 Å². The molecule has 3 aromatic carbocycles. The van der Waals surface area contributed by atoms with Gasteiger partial charge in [-0.25, -0.2) is 9.80 Å². The molecule has 1 aliphatic rings. The number of benzene rings is 3. The molecule has 0 spiro atoms. The Morgan fingerprint density at radius 3 is 2.59 bits per heavy atom. The number of rotatable bonds is 5. The van der Waals surface area contributed by atoms with Crippen LogP contribution in [0.15, 0.2) is 66.7 Å². The molecular formula is C25H23ClN6O2. The van der Waals surface area contributed by atoms with E-state index in [1.165, 1.54) is 0 Å². The summed E-state index contributed by atoms with van der Waals surface area (Å²) in [6, 6.07) is 20.7. The first-order valence-electron chi connectivity index (χ1n) is 10.9. The third-order valence-corrected chi connectivity index (χ3v) is 6.27. The SMILES string of the molecule is CC(C(=O)Nc1n[nH]c2c1CN(NC(=O)Nc1ccccc1Cl)C2)c1ccc2ccccc2c1. The molecule has 0 bridgehead atoms. The number of nitrogens with zero attached hydrogens (tertiary/aromatic N) is 2. The summed E-state index contributed by atoms with van der Waals surface area (Å²) >= 11 is 6.10. The first-order valence-corrected chi connectivity index (χ1v) is 11.3. The summed E-state index contributed by atoms with van der Waals surface area (Å²) in [5.41, 5.74) is 5.94. The lowest BCUT2D eigenvalue weighted by Crippen LogP contribution is -2.41. The van der Waals surface area contributed by atoms with Gasteiger partial charge in [0, 0.05) is 12.1 Å². The lowest BCUT2D eigenvalue weighted by Gasteiger charge is -2.18. The Morgan fingerprint density at radius 1 is 1.00 bits per heavy atom. The Morgan fingerprint density at radius 2 is 1.76 bits per heavy atom. The highest BCUT2D eigenvalue weighted by atomic mass is 35.5. The molecule has 0 saturated heterocycles. The molecule has 1 aliphatic heterocycles. The monoisotopic (exact) mass is 474 g/mol. The Kier molecular flexibility index (Phi) is 5.91. The topological polar surface area (TPSA) is 102 Å². The van der Waals surface area contributed by atoms with Gasteiger partial charge in [-0.05, 0) is 35.4 Å². The molecule has 1 aromatic heterocycles. The van der Waals surface area contributed by atoms with Crippen molar-refractivity contribution in [1.29, 1.82) is 0 Å². The van der Waals surface area contributed by atoms with Crippen molar-refractivity contribution < 1.29 is 9.59 Å². The maximum atomic E-state index is 13.0. The molecule has 1 atom stereocenters. The molecule has 1 unspecified atom stereocenters. The minimum atomic E-state index is -0.401. The zero-order valence-corrected chi connectivity index (χ0v) is 19.2. The summed E-state index contributed by atoms with van der Waals surface area (Å²) in [7, 11) is 0. The molecule has 3 amide bonds. The second-order valence-electron chi connectivity index (χ2n) is 8.25. The number of halogens is 1. The van der Waals surface area contributed by atoms with Gasteiger partial charge in [0.1, 0.15) is 0 Å². The third kappa shape index (κ3) is 4.46. The van der Waals surface area contributed by atoms with Crippen LogP contribution in [0.3, 0.4) is 0 Å². The Labute approximate surface area is 201 Å². The number of H-pyrrole nitrogens is 1. The predicted molar refractivity (Wildman–Crippen MR) is 132 cm³/mol. The summed E-state index contributed by atoms with van der Waals surface area (Å²) in [6.07, 6.45) is 0. The van der Waals surface area contributed by atoms with E-state index >= 15 is 0 Å². The molecule has 172 valence electrons. The highest BCUT2D eigenvalue weighted by Gasteiger charge is 2.28. The van der Waals surface area contributed by atoms with Gasteiger partial charge in [0.25, 0.3) is 0 Å². The molecule has 0 saturated carbocycles. The summed E-state index contributed by atoms with van der Waals surface area (Å²) in [5, 5.41) is 17.3. The molecular weight excluding hydrogens is 452 g/mol. The fourth-order valence-electron chi connectivity index (χ4n) is 4.03. The van der Waals surface area contributed by atoms with Crippen LogP contribution in [0.2, 0.25) is 5.02 Å². The maximum absolute atomic E-state index is 13.0. The van der Waals surface area contributed by atoms with E-state index in [9.17, 15) is 9.59 Å². The molecule has 9 heteroatoms. The lowest BCUT2D eigenvalue weighted by atomic mass is 9.97. The van der Waals surface area contributed by atoms with E-state index in [1.54, 1.807) is 29.3 Å². The zero-order chi connectivity index (χ0) is 23.7. The standard InChI is InChI=1S/C25H23ClN6O2/c1-15(17-11-10-16-6-2-3-7-18(16)12-17)24(33)28-23-19-13-32(14-22(19)29-30-23)31-25(34)27-21-9-5-4-8-20(21)26/h2-12,15H,13-14H2,1H3,(H2,27,31,34)(H2,28,29,30,33). The summed E-state index contributed by atoms with van der Waals surface area (Å²) < 4.78 is 0. The number of aromatic nitrogens is 2. The molecule has 0 fully saturated rings. The molecule has 8 nitrogen and oxygen atoms in total. The van der Waals surface area contributed by atoms with Crippen molar-refractivity contribution in [3.8, 4) is 0 Å². The predicted octanol–water partition coefficient (Wildman–Crippen LogP) is 5.01. The van der Waals surface area contributed by atoms with Gasteiger partial charge in [-0.2, -0.15) is 5.10 Å². The molecule has 0 aliphatic carbocycles. The summed E-state index contributed by atoms with van der Waals surface area (Å²) in [6.45, 7) is 2.72. The van der Waals surface area contributed by atoms with E-state index in [1.807, 2.05) is 49.4 Å².